The van der Waals surface area contributed by atoms with Gasteiger partial charge in [-0.1, -0.05) is 388 Å². The zero-order valence-electron chi connectivity index (χ0n) is 68.1. The molecule has 0 aromatic heterocycles. The van der Waals surface area contributed by atoms with Gasteiger partial charge in [-0.2, -0.15) is 0 Å². The maximum absolute atomic E-state index is 2.46. The highest BCUT2D eigenvalue weighted by molar-refractivity contribution is 6.26. The summed E-state index contributed by atoms with van der Waals surface area (Å²) in [5, 5.41) is 26.8. The van der Waals surface area contributed by atoms with Gasteiger partial charge in [-0.15, -0.1) is 0 Å². The van der Waals surface area contributed by atoms with Crippen LogP contribution >= 0.6 is 0 Å². The number of fused-ring (bicyclic) bond motifs is 11. The van der Waals surface area contributed by atoms with Gasteiger partial charge in [0.2, 0.25) is 0 Å². The summed E-state index contributed by atoms with van der Waals surface area (Å²) in [5.41, 5.74) is 23.7. The molecule has 0 aliphatic rings. The Hall–Kier alpha value is -16.3. The Kier molecular flexibility index (Phi) is 18.3. The van der Waals surface area contributed by atoms with Crippen molar-refractivity contribution < 1.29 is 0 Å². The van der Waals surface area contributed by atoms with Crippen LogP contribution in [0.15, 0.2) is 485 Å². The van der Waals surface area contributed by atoms with Gasteiger partial charge in [-0.25, -0.2) is 0 Å². The van der Waals surface area contributed by atoms with Gasteiger partial charge in [0, 0.05) is 34.1 Å². The van der Waals surface area contributed by atoms with Gasteiger partial charge in [0.25, 0.3) is 0 Å². The van der Waals surface area contributed by atoms with Gasteiger partial charge in [-0.05, 0) is 293 Å². The van der Waals surface area contributed by atoms with Crippen LogP contribution in [0.4, 0.5) is 34.1 Å². The molecular weight excluding hydrogens is 1490 g/mol. The highest BCUT2D eigenvalue weighted by Crippen LogP contribution is 2.53. The molecule has 0 aliphatic heterocycles. The second-order valence-corrected chi connectivity index (χ2v) is 32.6. The molecule has 0 spiro atoms. The van der Waals surface area contributed by atoms with Crippen LogP contribution in [-0.2, 0) is 0 Å². The Bertz CT molecular complexity index is 7790. The van der Waals surface area contributed by atoms with Crippen LogP contribution in [0.1, 0.15) is 0 Å². The first-order valence-corrected chi connectivity index (χ1v) is 42.8. The van der Waals surface area contributed by atoms with Gasteiger partial charge in [0.05, 0.1) is 0 Å². The zero-order chi connectivity index (χ0) is 82.0. The van der Waals surface area contributed by atoms with E-state index in [9.17, 15) is 0 Å². The van der Waals surface area contributed by atoms with E-state index in [0.29, 0.717) is 0 Å². The van der Waals surface area contributed by atoms with Crippen LogP contribution in [0.5, 0.6) is 0 Å². The molecule has 0 unspecified atom stereocenters. The molecule has 578 valence electrons. The summed E-state index contributed by atoms with van der Waals surface area (Å²) in [6.07, 6.45) is 0. The van der Waals surface area contributed by atoms with Crippen LogP contribution in [-0.4, -0.2) is 0 Å². The number of nitrogens with zero attached hydrogens (tertiary/aromatic N) is 2. The second kappa shape index (κ2) is 31.1. The van der Waals surface area contributed by atoms with Crippen LogP contribution in [0.25, 0.3) is 196 Å². The van der Waals surface area contributed by atoms with Crippen molar-refractivity contribution in [2.75, 3.05) is 9.80 Å². The third-order valence-electron chi connectivity index (χ3n) is 25.3. The molecule has 24 aromatic rings. The lowest BCUT2D eigenvalue weighted by Gasteiger charge is -2.29. The van der Waals surface area contributed by atoms with E-state index in [4.69, 9.17) is 0 Å². The van der Waals surface area contributed by atoms with Gasteiger partial charge in [0.15, 0.2) is 0 Å². The molecule has 0 saturated carbocycles. The van der Waals surface area contributed by atoms with Gasteiger partial charge >= 0.3 is 0 Å². The van der Waals surface area contributed by atoms with Crippen molar-refractivity contribution in [3.8, 4) is 77.9 Å². The Morgan fingerprint density at radius 3 is 0.718 bits per heavy atom. The highest BCUT2D eigenvalue weighted by Gasteiger charge is 2.26. The fourth-order valence-corrected chi connectivity index (χ4v) is 19.4. The van der Waals surface area contributed by atoms with Crippen molar-refractivity contribution in [1.29, 1.82) is 0 Å². The average Bonchev–Trinajstić information content (AvgIpc) is 0.720. The third kappa shape index (κ3) is 13.3. The van der Waals surface area contributed by atoms with E-state index in [2.05, 4.69) is 495 Å². The Morgan fingerprint density at radius 2 is 0.339 bits per heavy atom. The number of hydrogen-bond acceptors (Lipinski definition) is 2. The lowest BCUT2D eigenvalue weighted by atomic mass is 9.81. The average molecular weight is 1570 g/mol. The molecule has 0 saturated heterocycles. The molecule has 0 N–H and O–H groups in total. The van der Waals surface area contributed by atoms with Crippen LogP contribution < -0.4 is 9.80 Å². The Morgan fingerprint density at radius 1 is 0.105 bits per heavy atom. The maximum atomic E-state index is 2.46. The van der Waals surface area contributed by atoms with Gasteiger partial charge in [-0.3, -0.25) is 0 Å². The normalized spacial score (nSPS) is 11.5. The third-order valence-corrected chi connectivity index (χ3v) is 25.3. The van der Waals surface area contributed by atoms with Crippen molar-refractivity contribution in [3.63, 3.8) is 0 Å². The smallest absolute Gasteiger partial charge is 0.0468 e. The predicted octanol–water partition coefficient (Wildman–Crippen LogP) is 34.7. The topological polar surface area (TPSA) is 6.48 Å². The molecule has 0 atom stereocenters. The minimum Gasteiger partial charge on any atom is -0.310 e. The van der Waals surface area contributed by atoms with Gasteiger partial charge in [0.1, 0.15) is 0 Å². The summed E-state index contributed by atoms with van der Waals surface area (Å²) in [6, 6.07) is 179. The summed E-state index contributed by atoms with van der Waals surface area (Å²) in [5.74, 6) is 0. The van der Waals surface area contributed by atoms with Gasteiger partial charge < -0.3 is 9.80 Å². The number of rotatable bonds is 13. The van der Waals surface area contributed by atoms with E-state index in [1.54, 1.807) is 0 Å². The van der Waals surface area contributed by atoms with Crippen LogP contribution in [0, 0.1) is 0 Å². The molecule has 124 heavy (non-hydrogen) atoms. The van der Waals surface area contributed by atoms with Crippen molar-refractivity contribution >= 4 is 153 Å². The summed E-state index contributed by atoms with van der Waals surface area (Å²) in [4.78, 5) is 4.88. The van der Waals surface area contributed by atoms with Crippen molar-refractivity contribution in [1.82, 2.24) is 0 Å². The molecule has 0 bridgehead atoms. The standard InChI is InChI=1S/C74H48N2.C48H32/c1-7-19-55-41-61(27-25-49(55)13-1)73-69-39-37-68(76(65-35-31-53-17-5-11-23-59(53)45-65)66-36-32-54-18-6-12-24-60(54)46-66)48-72(69)74(62-28-26-50-14-2-8-20-56(50)42-62)70-40-38-67(47-71(70)73)75(63-33-29-51-15-3-9-21-57(51)43-63)64-34-30-52-16-4-10-22-58(52)44-64;1-3-15-33(16-4-1)34-27-29-36(30-28-34)39-21-9-10-22-40(39)47-41-23-11-13-25-43(41)48(44-26-14-12-24-42(44)47)46-32-38-20-8-7-19-37(38)31-45(46)35-17-5-2-6-18-35/h1-48H;1-32H. The van der Waals surface area contributed by atoms with E-state index < -0.39 is 0 Å². The molecule has 2 nitrogen and oxygen atoms in total. The Balaban J connectivity index is 0.000000159. The summed E-state index contributed by atoms with van der Waals surface area (Å²) in [6.45, 7) is 0. The van der Waals surface area contributed by atoms with Crippen LogP contribution in [0.3, 0.4) is 0 Å². The lowest BCUT2D eigenvalue weighted by molar-refractivity contribution is 1.30. The summed E-state index contributed by atoms with van der Waals surface area (Å²) >= 11 is 0. The first-order chi connectivity index (χ1) is 61.5. The van der Waals surface area contributed by atoms with E-state index in [-0.39, 0.29) is 0 Å². The highest BCUT2D eigenvalue weighted by atomic mass is 15.1. The van der Waals surface area contributed by atoms with Crippen molar-refractivity contribution in [2.45, 2.75) is 0 Å². The zero-order valence-corrected chi connectivity index (χ0v) is 68.1. The van der Waals surface area contributed by atoms with Crippen molar-refractivity contribution in [2.24, 2.45) is 0 Å². The molecule has 2 heteroatoms. The fraction of sp³-hybridized carbons (Fsp3) is 0. The molecule has 0 radical (unpaired) electrons. The fourth-order valence-electron chi connectivity index (χ4n) is 19.4. The number of hydrogen-bond donors (Lipinski definition) is 0. The number of anilines is 6. The molecule has 0 heterocycles. The quantitative estimate of drug-likeness (QED) is 0.106. The molecular formula is C122H80N2. The van der Waals surface area contributed by atoms with Crippen molar-refractivity contribution in [3.05, 3.63) is 485 Å². The van der Waals surface area contributed by atoms with Crippen LogP contribution in [0.2, 0.25) is 0 Å². The minimum absolute atomic E-state index is 1.08. The summed E-state index contributed by atoms with van der Waals surface area (Å²) < 4.78 is 0. The predicted molar refractivity (Wildman–Crippen MR) is 533 cm³/mol. The molecule has 0 fully saturated rings. The van der Waals surface area contributed by atoms with E-state index in [1.807, 2.05) is 0 Å². The largest absolute Gasteiger partial charge is 0.310 e. The minimum atomic E-state index is 1.08. The monoisotopic (exact) mass is 1570 g/mol. The van der Waals surface area contributed by atoms with E-state index >= 15 is 0 Å². The van der Waals surface area contributed by atoms with E-state index in [0.717, 1.165) is 34.1 Å². The first kappa shape index (κ1) is 72.9. The second-order valence-electron chi connectivity index (χ2n) is 32.6. The SMILES string of the molecule is c1ccc(-c2ccc(-c3ccccc3-c3c4ccccc4c(-c4cc5ccccc5cc4-c4ccccc4)c4ccccc34)cc2)cc1.c1ccc2cc(-c3c4ccc(N(c5ccc6ccccc6c5)c5ccc6ccccc6c5)cc4c(-c4ccc5ccccc5c4)c4ccc(N(c5ccc6ccccc6c5)c5ccc6ccccc6c5)cc34)ccc2c1. The molecule has 0 aliphatic carbocycles. The maximum Gasteiger partial charge on any atom is 0.0468 e. The Labute approximate surface area is 720 Å². The van der Waals surface area contributed by atoms with E-state index in [1.165, 1.54) is 196 Å². The number of benzene rings is 24. The first-order valence-electron chi connectivity index (χ1n) is 42.8. The molecule has 24 aromatic carbocycles. The molecule has 24 rings (SSSR count). The lowest BCUT2D eigenvalue weighted by Crippen LogP contribution is -2.10. The summed E-state index contributed by atoms with van der Waals surface area (Å²) in [7, 11) is 0. The molecule has 0 amide bonds.